The zero-order valence-corrected chi connectivity index (χ0v) is 9.02. The van der Waals surface area contributed by atoms with E-state index >= 15 is 0 Å². The third-order valence-electron chi connectivity index (χ3n) is 2.27. The summed E-state index contributed by atoms with van der Waals surface area (Å²) in [7, 11) is 1.78. The fraction of sp³-hybridized carbons (Fsp3) is 0.444. The molecule has 0 unspecified atom stereocenters. The normalized spacial score (nSPS) is 11.2. The summed E-state index contributed by atoms with van der Waals surface area (Å²) >= 11 is 0. The van der Waals surface area contributed by atoms with E-state index in [4.69, 9.17) is 5.73 Å². The van der Waals surface area contributed by atoms with Gasteiger partial charge in [0.2, 0.25) is 0 Å². The van der Waals surface area contributed by atoms with Gasteiger partial charge in [0.15, 0.2) is 0 Å². The highest BCUT2D eigenvalue weighted by Crippen LogP contribution is 2.29. The molecule has 0 spiro atoms. The highest BCUT2D eigenvalue weighted by molar-refractivity contribution is 5.65. The number of nitrogens with two attached hydrogens (primary N) is 1. The first-order valence-electron chi connectivity index (χ1n) is 4.80. The smallest absolute Gasteiger partial charge is 0.149 e. The molecule has 3 N–H and O–H groups in total. The number of aromatic nitrogens is 5. The van der Waals surface area contributed by atoms with Gasteiger partial charge in [-0.05, 0) is 5.92 Å². The molecule has 80 valence electrons. The summed E-state index contributed by atoms with van der Waals surface area (Å²) in [4.78, 5) is 1.51. The summed E-state index contributed by atoms with van der Waals surface area (Å²) in [6.45, 7) is 4.14. The van der Waals surface area contributed by atoms with Crippen molar-refractivity contribution in [2.75, 3.05) is 5.73 Å². The van der Waals surface area contributed by atoms with E-state index < -0.39 is 0 Å². The Morgan fingerprint density at radius 2 is 2.20 bits per heavy atom. The van der Waals surface area contributed by atoms with Crippen molar-refractivity contribution < 1.29 is 0 Å². The zero-order valence-electron chi connectivity index (χ0n) is 9.02. The molecule has 0 aliphatic heterocycles. The molecule has 0 saturated heterocycles. The molecule has 2 aromatic rings. The van der Waals surface area contributed by atoms with Gasteiger partial charge in [0.1, 0.15) is 11.5 Å². The van der Waals surface area contributed by atoms with Crippen molar-refractivity contribution in [1.29, 1.82) is 0 Å². The first-order valence-corrected chi connectivity index (χ1v) is 4.80. The molecular formula is C9H14N6. The summed E-state index contributed by atoms with van der Waals surface area (Å²) in [5, 5.41) is 15.1. The van der Waals surface area contributed by atoms with Crippen LogP contribution >= 0.6 is 0 Å². The minimum Gasteiger partial charge on any atom is -0.382 e. The Hall–Kier alpha value is -1.85. The van der Waals surface area contributed by atoms with E-state index in [0.717, 1.165) is 17.0 Å². The molecule has 0 aromatic carbocycles. The summed E-state index contributed by atoms with van der Waals surface area (Å²) < 4.78 is 0. The predicted octanol–water partition coefficient (Wildman–Crippen LogP) is 0.911. The number of nitrogens with one attached hydrogen (secondary N) is 1. The van der Waals surface area contributed by atoms with Crippen LogP contribution in [0.3, 0.4) is 0 Å². The summed E-state index contributed by atoms with van der Waals surface area (Å²) in [5.74, 6) is 0.839. The molecule has 2 rings (SSSR count). The van der Waals surface area contributed by atoms with Crippen molar-refractivity contribution in [3.63, 3.8) is 0 Å². The zero-order chi connectivity index (χ0) is 11.0. The van der Waals surface area contributed by atoms with Crippen LogP contribution in [-0.4, -0.2) is 25.2 Å². The lowest BCUT2D eigenvalue weighted by molar-refractivity contribution is 0.655. The standard InChI is InChI=1S/C9H14N6/c1-5(2)7-8(12-13-9(7)10)6-4-11-15(3)14-6/h4-5H,1-3H3,(H3,10,12,13). The van der Waals surface area contributed by atoms with Crippen LogP contribution in [0.25, 0.3) is 11.4 Å². The number of rotatable bonds is 2. The third kappa shape index (κ3) is 1.58. The van der Waals surface area contributed by atoms with Crippen molar-refractivity contribution in [2.45, 2.75) is 19.8 Å². The van der Waals surface area contributed by atoms with E-state index in [1.165, 1.54) is 4.80 Å². The number of nitrogens with zero attached hydrogens (tertiary/aromatic N) is 4. The van der Waals surface area contributed by atoms with Gasteiger partial charge in [0, 0.05) is 12.6 Å². The molecule has 0 fully saturated rings. The Labute approximate surface area is 87.5 Å². The molecule has 2 aromatic heterocycles. The quantitative estimate of drug-likeness (QED) is 0.764. The minimum absolute atomic E-state index is 0.306. The first kappa shape index (κ1) is 9.70. The third-order valence-corrected chi connectivity index (χ3v) is 2.27. The van der Waals surface area contributed by atoms with E-state index in [1.54, 1.807) is 13.2 Å². The van der Waals surface area contributed by atoms with Crippen molar-refractivity contribution in [3.05, 3.63) is 11.8 Å². The fourth-order valence-corrected chi connectivity index (χ4v) is 1.60. The molecule has 0 radical (unpaired) electrons. The molecule has 6 nitrogen and oxygen atoms in total. The molecule has 0 aliphatic carbocycles. The molecule has 0 bridgehead atoms. The second-order valence-corrected chi connectivity index (χ2v) is 3.77. The number of hydrogen-bond donors (Lipinski definition) is 2. The summed E-state index contributed by atoms with van der Waals surface area (Å²) in [6.07, 6.45) is 1.69. The Morgan fingerprint density at radius 3 is 2.73 bits per heavy atom. The number of aromatic amines is 1. The lowest BCUT2D eigenvalue weighted by Gasteiger charge is -2.04. The summed E-state index contributed by atoms with van der Waals surface area (Å²) in [5.41, 5.74) is 8.41. The van der Waals surface area contributed by atoms with Crippen molar-refractivity contribution in [3.8, 4) is 11.4 Å². The first-order chi connectivity index (χ1) is 7.09. The average molecular weight is 206 g/mol. The van der Waals surface area contributed by atoms with Crippen LogP contribution in [0.1, 0.15) is 25.3 Å². The highest BCUT2D eigenvalue weighted by atomic mass is 15.4. The van der Waals surface area contributed by atoms with Gasteiger partial charge in [-0.25, -0.2) is 0 Å². The van der Waals surface area contributed by atoms with Gasteiger partial charge in [-0.15, -0.1) is 0 Å². The molecule has 6 heteroatoms. The molecular weight excluding hydrogens is 192 g/mol. The Bertz CT molecular complexity index is 467. The van der Waals surface area contributed by atoms with E-state index in [2.05, 4.69) is 34.2 Å². The maximum atomic E-state index is 5.79. The van der Waals surface area contributed by atoms with Crippen LogP contribution in [0.5, 0.6) is 0 Å². The van der Waals surface area contributed by atoms with Crippen molar-refractivity contribution >= 4 is 5.82 Å². The molecule has 0 saturated carbocycles. The maximum absolute atomic E-state index is 5.79. The van der Waals surface area contributed by atoms with E-state index in [9.17, 15) is 0 Å². The molecule has 2 heterocycles. The Morgan fingerprint density at radius 1 is 1.47 bits per heavy atom. The predicted molar refractivity (Wildman–Crippen MR) is 57.1 cm³/mol. The van der Waals surface area contributed by atoms with Gasteiger partial charge in [0.25, 0.3) is 0 Å². The van der Waals surface area contributed by atoms with Gasteiger partial charge in [-0.1, -0.05) is 13.8 Å². The highest BCUT2D eigenvalue weighted by Gasteiger charge is 2.17. The number of H-pyrrole nitrogens is 1. The lowest BCUT2D eigenvalue weighted by Crippen LogP contribution is -1.96. The fourth-order valence-electron chi connectivity index (χ4n) is 1.60. The largest absolute Gasteiger partial charge is 0.382 e. The van der Waals surface area contributed by atoms with E-state index in [1.807, 2.05) is 0 Å². The Balaban J connectivity index is 2.53. The number of anilines is 1. The Kier molecular flexibility index (Phi) is 2.18. The van der Waals surface area contributed by atoms with Crippen LogP contribution in [0, 0.1) is 0 Å². The topological polar surface area (TPSA) is 85.4 Å². The van der Waals surface area contributed by atoms with Gasteiger partial charge in [0.05, 0.1) is 11.9 Å². The minimum atomic E-state index is 0.306. The van der Waals surface area contributed by atoms with Gasteiger partial charge in [-0.3, -0.25) is 5.10 Å². The van der Waals surface area contributed by atoms with Crippen LogP contribution in [-0.2, 0) is 7.05 Å². The van der Waals surface area contributed by atoms with Crippen LogP contribution < -0.4 is 5.73 Å². The average Bonchev–Trinajstić information content (AvgIpc) is 2.71. The maximum Gasteiger partial charge on any atom is 0.149 e. The van der Waals surface area contributed by atoms with Crippen LogP contribution in [0.15, 0.2) is 6.20 Å². The van der Waals surface area contributed by atoms with Gasteiger partial charge < -0.3 is 5.73 Å². The second kappa shape index (κ2) is 3.38. The van der Waals surface area contributed by atoms with Crippen molar-refractivity contribution in [1.82, 2.24) is 25.2 Å². The summed E-state index contributed by atoms with van der Waals surface area (Å²) in [6, 6.07) is 0. The number of hydrogen-bond acceptors (Lipinski definition) is 4. The molecule has 0 aliphatic rings. The molecule has 0 amide bonds. The number of nitrogen functional groups attached to an aromatic ring is 1. The monoisotopic (exact) mass is 206 g/mol. The second-order valence-electron chi connectivity index (χ2n) is 3.77. The van der Waals surface area contributed by atoms with Crippen LogP contribution in [0.4, 0.5) is 5.82 Å². The lowest BCUT2D eigenvalue weighted by atomic mass is 10.0. The van der Waals surface area contributed by atoms with Gasteiger partial charge >= 0.3 is 0 Å². The van der Waals surface area contributed by atoms with E-state index in [0.29, 0.717) is 11.7 Å². The SMILES string of the molecule is CC(C)c1c(N)n[nH]c1-c1cnn(C)n1. The molecule has 0 atom stereocenters. The van der Waals surface area contributed by atoms with Gasteiger partial charge in [-0.2, -0.15) is 20.1 Å². The van der Waals surface area contributed by atoms with E-state index in [-0.39, 0.29) is 0 Å². The molecule has 15 heavy (non-hydrogen) atoms. The number of aryl methyl sites for hydroxylation is 1. The van der Waals surface area contributed by atoms with Crippen molar-refractivity contribution in [2.24, 2.45) is 7.05 Å². The van der Waals surface area contributed by atoms with Crippen LogP contribution in [0.2, 0.25) is 0 Å².